The van der Waals surface area contributed by atoms with Gasteiger partial charge >= 0.3 is 5.97 Å². The lowest BCUT2D eigenvalue weighted by Gasteiger charge is -2.20. The van der Waals surface area contributed by atoms with Crippen molar-refractivity contribution in [1.82, 2.24) is 0 Å². The Labute approximate surface area is 118 Å². The fourth-order valence-corrected chi connectivity index (χ4v) is 3.91. The van der Waals surface area contributed by atoms with Crippen molar-refractivity contribution < 1.29 is 18.3 Å². The molecule has 0 bridgehead atoms. The van der Waals surface area contributed by atoms with E-state index in [0.29, 0.717) is 25.1 Å². The Kier molecular flexibility index (Phi) is 4.13. The smallest absolute Gasteiger partial charge is 0.328 e. The Morgan fingerprint density at radius 1 is 1.45 bits per heavy atom. The molecule has 6 heteroatoms. The number of carboxylic acids is 1. The van der Waals surface area contributed by atoms with E-state index >= 15 is 0 Å². The molecule has 1 aromatic rings. The molecule has 0 unspecified atom stereocenters. The van der Waals surface area contributed by atoms with E-state index < -0.39 is 16.0 Å². The minimum atomic E-state index is -3.19. The number of nitrogens with zero attached hydrogens (tertiary/aromatic N) is 1. The van der Waals surface area contributed by atoms with Crippen LogP contribution in [0, 0.1) is 0 Å². The number of anilines is 1. The molecule has 0 aromatic heterocycles. The predicted octanol–water partition coefficient (Wildman–Crippen LogP) is 1.89. The molecule has 1 heterocycles. The Bertz CT molecular complexity index is 649. The number of sulfonamides is 1. The predicted molar refractivity (Wildman–Crippen MR) is 78.2 cm³/mol. The van der Waals surface area contributed by atoms with Gasteiger partial charge in [0.25, 0.3) is 0 Å². The standard InChI is InChI=1S/C14H17NO4S/c1-2-12-10-11(5-7-14(16)17)4-6-13(12)15-8-3-9-20(15,18)19/h4-7,10H,2-3,8-9H2,1H3,(H,16,17)/b7-5+. The third kappa shape index (κ3) is 3.01. The fourth-order valence-electron chi connectivity index (χ4n) is 2.31. The van der Waals surface area contributed by atoms with Crippen LogP contribution in [0.4, 0.5) is 5.69 Å². The minimum Gasteiger partial charge on any atom is -0.478 e. The van der Waals surface area contributed by atoms with Crippen molar-refractivity contribution >= 4 is 27.8 Å². The fraction of sp³-hybridized carbons (Fsp3) is 0.357. The van der Waals surface area contributed by atoms with Crippen molar-refractivity contribution in [1.29, 1.82) is 0 Å². The molecular weight excluding hydrogens is 278 g/mol. The number of carboxylic acid groups (broad SMARTS) is 1. The number of aliphatic carboxylic acids is 1. The van der Waals surface area contributed by atoms with Crippen LogP contribution < -0.4 is 4.31 Å². The lowest BCUT2D eigenvalue weighted by atomic mass is 10.1. The van der Waals surface area contributed by atoms with Gasteiger partial charge in [-0.2, -0.15) is 0 Å². The third-order valence-corrected chi connectivity index (χ3v) is 5.13. The lowest BCUT2D eigenvalue weighted by molar-refractivity contribution is -0.131. The second-order valence-electron chi connectivity index (χ2n) is 4.65. The zero-order chi connectivity index (χ0) is 14.8. The summed E-state index contributed by atoms with van der Waals surface area (Å²) in [6.07, 6.45) is 3.91. The number of benzene rings is 1. The minimum absolute atomic E-state index is 0.191. The van der Waals surface area contributed by atoms with E-state index in [1.807, 2.05) is 13.0 Å². The molecule has 1 saturated heterocycles. The van der Waals surface area contributed by atoms with Crippen molar-refractivity contribution in [2.75, 3.05) is 16.6 Å². The van der Waals surface area contributed by atoms with Gasteiger partial charge in [-0.15, -0.1) is 0 Å². The highest BCUT2D eigenvalue weighted by molar-refractivity contribution is 7.93. The molecule has 5 nitrogen and oxygen atoms in total. The summed E-state index contributed by atoms with van der Waals surface area (Å²) in [4.78, 5) is 10.5. The zero-order valence-electron chi connectivity index (χ0n) is 11.2. The molecule has 0 atom stereocenters. The van der Waals surface area contributed by atoms with Crippen LogP contribution in [0.1, 0.15) is 24.5 Å². The molecule has 2 rings (SSSR count). The average Bonchev–Trinajstić information content (AvgIpc) is 2.75. The molecule has 0 radical (unpaired) electrons. The number of hydrogen-bond donors (Lipinski definition) is 1. The van der Waals surface area contributed by atoms with Gasteiger partial charge in [-0.25, -0.2) is 13.2 Å². The zero-order valence-corrected chi connectivity index (χ0v) is 12.1. The van der Waals surface area contributed by atoms with Crippen LogP contribution in [0.5, 0.6) is 0 Å². The van der Waals surface area contributed by atoms with Crippen LogP contribution in [0.15, 0.2) is 24.3 Å². The molecule has 1 fully saturated rings. The van der Waals surface area contributed by atoms with Gasteiger partial charge in [0.2, 0.25) is 10.0 Å². The summed E-state index contributed by atoms with van der Waals surface area (Å²) >= 11 is 0. The van der Waals surface area contributed by atoms with Gasteiger partial charge in [0.1, 0.15) is 0 Å². The van der Waals surface area contributed by atoms with Gasteiger partial charge < -0.3 is 5.11 Å². The summed E-state index contributed by atoms with van der Waals surface area (Å²) in [6.45, 7) is 2.46. The topological polar surface area (TPSA) is 74.7 Å². The van der Waals surface area contributed by atoms with Gasteiger partial charge in [0, 0.05) is 12.6 Å². The number of hydrogen-bond acceptors (Lipinski definition) is 3. The second-order valence-corrected chi connectivity index (χ2v) is 6.67. The molecular formula is C14H17NO4S. The maximum atomic E-state index is 12.0. The Balaban J connectivity index is 2.38. The number of rotatable bonds is 4. The summed E-state index contributed by atoms with van der Waals surface area (Å²) in [7, 11) is -3.19. The Hall–Kier alpha value is -1.82. The summed E-state index contributed by atoms with van der Waals surface area (Å²) in [6, 6.07) is 5.33. The van der Waals surface area contributed by atoms with Crippen LogP contribution in [-0.4, -0.2) is 31.8 Å². The first-order valence-electron chi connectivity index (χ1n) is 6.48. The van der Waals surface area contributed by atoms with Crippen molar-refractivity contribution in [3.8, 4) is 0 Å². The first-order valence-corrected chi connectivity index (χ1v) is 8.09. The van der Waals surface area contributed by atoms with Crippen LogP contribution in [0.3, 0.4) is 0 Å². The van der Waals surface area contributed by atoms with E-state index in [4.69, 9.17) is 5.11 Å². The monoisotopic (exact) mass is 295 g/mol. The van der Waals surface area contributed by atoms with Gasteiger partial charge in [-0.3, -0.25) is 4.31 Å². The van der Waals surface area contributed by atoms with E-state index in [1.165, 1.54) is 10.4 Å². The van der Waals surface area contributed by atoms with Gasteiger partial charge in [0.05, 0.1) is 11.4 Å². The maximum Gasteiger partial charge on any atom is 0.328 e. The van der Waals surface area contributed by atoms with Crippen molar-refractivity contribution in [2.24, 2.45) is 0 Å². The van der Waals surface area contributed by atoms with Crippen LogP contribution in [-0.2, 0) is 21.2 Å². The summed E-state index contributed by atoms with van der Waals surface area (Å²) < 4.78 is 25.4. The molecule has 108 valence electrons. The van der Waals surface area contributed by atoms with E-state index in [0.717, 1.165) is 17.2 Å². The number of aryl methyl sites for hydroxylation is 1. The molecule has 0 aliphatic carbocycles. The molecule has 0 saturated carbocycles. The highest BCUT2D eigenvalue weighted by Crippen LogP contribution is 2.29. The van der Waals surface area contributed by atoms with Gasteiger partial charge in [0.15, 0.2) is 0 Å². The van der Waals surface area contributed by atoms with Crippen LogP contribution in [0.25, 0.3) is 6.08 Å². The van der Waals surface area contributed by atoms with Crippen LogP contribution >= 0.6 is 0 Å². The Morgan fingerprint density at radius 2 is 2.20 bits per heavy atom. The maximum absolute atomic E-state index is 12.0. The van der Waals surface area contributed by atoms with E-state index in [1.54, 1.807) is 12.1 Å². The van der Waals surface area contributed by atoms with Crippen molar-refractivity contribution in [3.63, 3.8) is 0 Å². The quantitative estimate of drug-likeness (QED) is 0.861. The van der Waals surface area contributed by atoms with Gasteiger partial charge in [-0.05, 0) is 42.2 Å². The molecule has 1 aliphatic heterocycles. The molecule has 0 amide bonds. The highest BCUT2D eigenvalue weighted by Gasteiger charge is 2.29. The normalized spacial score (nSPS) is 17.8. The summed E-state index contributed by atoms with van der Waals surface area (Å²) in [5.74, 6) is -0.814. The molecule has 20 heavy (non-hydrogen) atoms. The third-order valence-electron chi connectivity index (χ3n) is 3.27. The van der Waals surface area contributed by atoms with Crippen molar-refractivity contribution in [2.45, 2.75) is 19.8 Å². The lowest BCUT2D eigenvalue weighted by Crippen LogP contribution is -2.26. The molecule has 1 aliphatic rings. The SMILES string of the molecule is CCc1cc(/C=C/C(=O)O)ccc1N1CCCS1(=O)=O. The van der Waals surface area contributed by atoms with E-state index in [9.17, 15) is 13.2 Å². The highest BCUT2D eigenvalue weighted by atomic mass is 32.2. The largest absolute Gasteiger partial charge is 0.478 e. The van der Waals surface area contributed by atoms with Gasteiger partial charge in [-0.1, -0.05) is 13.0 Å². The Morgan fingerprint density at radius 3 is 2.75 bits per heavy atom. The van der Waals surface area contributed by atoms with Crippen LogP contribution in [0.2, 0.25) is 0 Å². The summed E-state index contributed by atoms with van der Waals surface area (Å²) in [5.41, 5.74) is 2.37. The van der Waals surface area contributed by atoms with E-state index in [-0.39, 0.29) is 5.75 Å². The molecule has 1 aromatic carbocycles. The van der Waals surface area contributed by atoms with Crippen molar-refractivity contribution in [3.05, 3.63) is 35.4 Å². The molecule has 1 N–H and O–H groups in total. The first-order chi connectivity index (χ1) is 9.44. The molecule has 0 spiro atoms. The summed E-state index contributed by atoms with van der Waals surface area (Å²) in [5, 5.41) is 8.62. The second kappa shape index (κ2) is 5.66. The first kappa shape index (κ1) is 14.6. The number of carbonyl (C=O) groups is 1. The average molecular weight is 295 g/mol. The van der Waals surface area contributed by atoms with E-state index in [2.05, 4.69) is 0 Å².